The first-order valence-corrected chi connectivity index (χ1v) is 5.82. The van der Waals surface area contributed by atoms with E-state index >= 15 is 0 Å². The minimum atomic E-state index is 0.279. The summed E-state index contributed by atoms with van der Waals surface area (Å²) >= 11 is 0. The van der Waals surface area contributed by atoms with E-state index in [1.165, 1.54) is 24.8 Å². The van der Waals surface area contributed by atoms with Crippen molar-refractivity contribution in [2.45, 2.75) is 31.2 Å². The van der Waals surface area contributed by atoms with Gasteiger partial charge in [-0.1, -0.05) is 31.0 Å². The lowest BCUT2D eigenvalue weighted by Gasteiger charge is -2.17. The van der Waals surface area contributed by atoms with E-state index < -0.39 is 0 Å². The third-order valence-corrected chi connectivity index (χ3v) is 3.56. The summed E-state index contributed by atoms with van der Waals surface area (Å²) in [6.45, 7) is 0.771. The molecule has 2 heteroatoms. The summed E-state index contributed by atoms with van der Waals surface area (Å²) in [5, 5.41) is 0. The molecule has 1 fully saturated rings. The van der Waals surface area contributed by atoms with Crippen LogP contribution in [0.25, 0.3) is 0 Å². The Hall–Kier alpha value is -1.02. The highest BCUT2D eigenvalue weighted by molar-refractivity contribution is 5.40. The van der Waals surface area contributed by atoms with Crippen molar-refractivity contribution < 1.29 is 4.74 Å². The molecule has 1 aliphatic carbocycles. The SMILES string of the molecule is NC(CC1CC1)C1COc2ccccc21. The predicted molar refractivity (Wildman–Crippen MR) is 60.0 cm³/mol. The Morgan fingerprint density at radius 1 is 1.33 bits per heavy atom. The summed E-state index contributed by atoms with van der Waals surface area (Å²) in [4.78, 5) is 0. The Kier molecular flexibility index (Phi) is 2.17. The first-order chi connectivity index (χ1) is 7.34. The van der Waals surface area contributed by atoms with Crippen LogP contribution < -0.4 is 10.5 Å². The second kappa shape index (κ2) is 3.53. The van der Waals surface area contributed by atoms with Gasteiger partial charge >= 0.3 is 0 Å². The van der Waals surface area contributed by atoms with Gasteiger partial charge in [0.25, 0.3) is 0 Å². The molecule has 0 amide bonds. The molecule has 0 spiro atoms. The fraction of sp³-hybridized carbons (Fsp3) is 0.538. The van der Waals surface area contributed by atoms with Gasteiger partial charge in [-0.25, -0.2) is 0 Å². The largest absolute Gasteiger partial charge is 0.493 e. The van der Waals surface area contributed by atoms with Gasteiger partial charge in [0.1, 0.15) is 5.75 Å². The number of rotatable bonds is 3. The summed E-state index contributed by atoms with van der Waals surface area (Å²) in [7, 11) is 0. The van der Waals surface area contributed by atoms with Crippen molar-refractivity contribution in [2.75, 3.05) is 6.61 Å². The molecule has 2 aliphatic rings. The summed E-state index contributed by atoms with van der Waals surface area (Å²) < 4.78 is 5.65. The van der Waals surface area contributed by atoms with Crippen molar-refractivity contribution in [3.8, 4) is 5.75 Å². The molecule has 1 aromatic rings. The molecule has 2 nitrogen and oxygen atoms in total. The van der Waals surface area contributed by atoms with Crippen molar-refractivity contribution >= 4 is 0 Å². The number of nitrogens with two attached hydrogens (primary N) is 1. The molecule has 1 aromatic carbocycles. The van der Waals surface area contributed by atoms with Crippen LogP contribution in [-0.4, -0.2) is 12.6 Å². The second-order valence-corrected chi connectivity index (χ2v) is 4.80. The molecule has 0 bridgehead atoms. The highest BCUT2D eigenvalue weighted by Gasteiger charge is 2.33. The van der Waals surface area contributed by atoms with E-state index in [9.17, 15) is 0 Å². The van der Waals surface area contributed by atoms with Gasteiger partial charge in [-0.15, -0.1) is 0 Å². The molecule has 2 atom stereocenters. The van der Waals surface area contributed by atoms with Crippen LogP contribution in [0.3, 0.4) is 0 Å². The molecule has 1 aliphatic heterocycles. The van der Waals surface area contributed by atoms with E-state index in [4.69, 9.17) is 10.5 Å². The Bertz CT molecular complexity index is 359. The zero-order chi connectivity index (χ0) is 10.3. The highest BCUT2D eigenvalue weighted by atomic mass is 16.5. The van der Waals surface area contributed by atoms with E-state index in [-0.39, 0.29) is 6.04 Å². The fourth-order valence-electron chi connectivity index (χ4n) is 2.44. The molecular weight excluding hydrogens is 186 g/mol. The summed E-state index contributed by atoms with van der Waals surface area (Å²) in [5.74, 6) is 2.35. The van der Waals surface area contributed by atoms with E-state index in [0.29, 0.717) is 5.92 Å². The fourth-order valence-corrected chi connectivity index (χ4v) is 2.44. The molecule has 80 valence electrons. The standard InChI is InChI=1S/C13H17NO/c14-12(7-9-5-6-9)11-8-15-13-4-2-1-3-10(11)13/h1-4,9,11-12H,5-8,14H2. The number of fused-ring (bicyclic) bond motifs is 1. The number of hydrogen-bond donors (Lipinski definition) is 1. The lowest BCUT2D eigenvalue weighted by atomic mass is 9.91. The molecule has 1 saturated carbocycles. The Balaban J connectivity index is 1.77. The molecule has 1 heterocycles. The van der Waals surface area contributed by atoms with Crippen LogP contribution in [0.5, 0.6) is 5.75 Å². The summed E-state index contributed by atoms with van der Waals surface area (Å²) in [6.07, 6.45) is 3.92. The lowest BCUT2D eigenvalue weighted by molar-refractivity contribution is 0.307. The first kappa shape index (κ1) is 9.22. The van der Waals surface area contributed by atoms with E-state index in [2.05, 4.69) is 12.1 Å². The van der Waals surface area contributed by atoms with Gasteiger partial charge in [-0.2, -0.15) is 0 Å². The first-order valence-electron chi connectivity index (χ1n) is 5.82. The van der Waals surface area contributed by atoms with Gasteiger partial charge < -0.3 is 10.5 Å². The predicted octanol–water partition coefficient (Wildman–Crippen LogP) is 2.29. The monoisotopic (exact) mass is 203 g/mol. The summed E-state index contributed by atoms with van der Waals surface area (Å²) in [5.41, 5.74) is 7.57. The lowest BCUT2D eigenvalue weighted by Crippen LogP contribution is -2.29. The van der Waals surface area contributed by atoms with Gasteiger partial charge in [0, 0.05) is 17.5 Å². The molecule has 0 saturated heterocycles. The molecule has 2 N–H and O–H groups in total. The van der Waals surface area contributed by atoms with Crippen molar-refractivity contribution in [3.05, 3.63) is 29.8 Å². The second-order valence-electron chi connectivity index (χ2n) is 4.80. The maximum atomic E-state index is 6.25. The van der Waals surface area contributed by atoms with Crippen LogP contribution in [0, 0.1) is 5.92 Å². The molecule has 2 unspecified atom stereocenters. The van der Waals surface area contributed by atoms with Crippen LogP contribution in [0.1, 0.15) is 30.7 Å². The molecule has 0 radical (unpaired) electrons. The van der Waals surface area contributed by atoms with Crippen LogP contribution in [-0.2, 0) is 0 Å². The summed E-state index contributed by atoms with van der Waals surface area (Å²) in [6, 6.07) is 8.57. The van der Waals surface area contributed by atoms with Crippen LogP contribution in [0.4, 0.5) is 0 Å². The number of benzene rings is 1. The molecule has 0 aromatic heterocycles. The van der Waals surface area contributed by atoms with Gasteiger partial charge in [0.15, 0.2) is 0 Å². The Morgan fingerprint density at radius 3 is 2.93 bits per heavy atom. The van der Waals surface area contributed by atoms with Gasteiger partial charge in [0.2, 0.25) is 0 Å². The maximum Gasteiger partial charge on any atom is 0.122 e. The minimum Gasteiger partial charge on any atom is -0.493 e. The van der Waals surface area contributed by atoms with E-state index in [1.54, 1.807) is 0 Å². The molecule has 15 heavy (non-hydrogen) atoms. The van der Waals surface area contributed by atoms with Gasteiger partial charge in [-0.3, -0.25) is 0 Å². The van der Waals surface area contributed by atoms with Crippen LogP contribution in [0.2, 0.25) is 0 Å². The van der Waals surface area contributed by atoms with Gasteiger partial charge in [-0.05, 0) is 18.4 Å². The third-order valence-electron chi connectivity index (χ3n) is 3.56. The van der Waals surface area contributed by atoms with Crippen molar-refractivity contribution in [3.63, 3.8) is 0 Å². The third kappa shape index (κ3) is 1.74. The van der Waals surface area contributed by atoms with Crippen molar-refractivity contribution in [2.24, 2.45) is 11.7 Å². The van der Waals surface area contributed by atoms with E-state index in [1.807, 2.05) is 12.1 Å². The normalized spacial score (nSPS) is 25.8. The zero-order valence-corrected chi connectivity index (χ0v) is 8.86. The van der Waals surface area contributed by atoms with Crippen molar-refractivity contribution in [1.29, 1.82) is 0 Å². The van der Waals surface area contributed by atoms with E-state index in [0.717, 1.165) is 18.3 Å². The van der Waals surface area contributed by atoms with Crippen LogP contribution >= 0.6 is 0 Å². The topological polar surface area (TPSA) is 35.2 Å². The molecule has 3 rings (SSSR count). The quantitative estimate of drug-likeness (QED) is 0.818. The van der Waals surface area contributed by atoms with Crippen LogP contribution in [0.15, 0.2) is 24.3 Å². The minimum absolute atomic E-state index is 0.279. The average molecular weight is 203 g/mol. The number of para-hydroxylation sites is 1. The van der Waals surface area contributed by atoms with Crippen molar-refractivity contribution in [1.82, 2.24) is 0 Å². The molecular formula is C13H17NO. The average Bonchev–Trinajstić information content (AvgIpc) is 2.96. The Labute approximate surface area is 90.4 Å². The van der Waals surface area contributed by atoms with Gasteiger partial charge in [0.05, 0.1) is 6.61 Å². The Morgan fingerprint density at radius 2 is 2.13 bits per heavy atom. The zero-order valence-electron chi connectivity index (χ0n) is 8.86. The number of ether oxygens (including phenoxy) is 1. The number of hydrogen-bond acceptors (Lipinski definition) is 2. The smallest absolute Gasteiger partial charge is 0.122 e. The maximum absolute atomic E-state index is 6.25. The highest BCUT2D eigenvalue weighted by Crippen LogP contribution is 2.40.